The molecule has 0 aliphatic rings. The van der Waals surface area contributed by atoms with Crippen LogP contribution in [0.25, 0.3) is 0 Å². The molecule has 2 rings (SSSR count). The molecule has 26 heavy (non-hydrogen) atoms. The summed E-state index contributed by atoms with van der Waals surface area (Å²) in [5.74, 6) is -2.07. The summed E-state index contributed by atoms with van der Waals surface area (Å²) in [5.41, 5.74) is 4.90. The molecule has 0 saturated carbocycles. The van der Waals surface area contributed by atoms with E-state index in [-0.39, 0.29) is 29.3 Å². The molecular weight excluding hydrogens is 354 g/mol. The summed E-state index contributed by atoms with van der Waals surface area (Å²) in [7, 11) is 0. The minimum atomic E-state index is -4.52. The number of nitrogens with zero attached hydrogens (tertiary/aromatic N) is 1. The van der Waals surface area contributed by atoms with Gasteiger partial charge in [-0.1, -0.05) is 6.92 Å². The van der Waals surface area contributed by atoms with Gasteiger partial charge in [0.1, 0.15) is 0 Å². The maximum Gasteiger partial charge on any atom is 0.417 e. The number of halogens is 4. The Balaban J connectivity index is 2.09. The smallest absolute Gasteiger partial charge is 0.417 e. The van der Waals surface area contributed by atoms with Crippen LogP contribution in [-0.2, 0) is 11.0 Å². The van der Waals surface area contributed by atoms with Gasteiger partial charge in [-0.25, -0.2) is 9.37 Å². The summed E-state index contributed by atoms with van der Waals surface area (Å²) in [6.45, 7) is 3.32. The number of benzene rings is 1. The molecule has 9 heteroatoms. The van der Waals surface area contributed by atoms with Crippen molar-refractivity contribution in [1.82, 2.24) is 4.98 Å². The first kappa shape index (κ1) is 19.6. The highest BCUT2D eigenvalue weighted by Crippen LogP contribution is 2.31. The largest absolute Gasteiger partial charge is 0.436 e. The summed E-state index contributed by atoms with van der Waals surface area (Å²) in [6, 6.07) is 5.07. The third kappa shape index (κ3) is 4.92. The van der Waals surface area contributed by atoms with Crippen LogP contribution >= 0.6 is 0 Å². The lowest BCUT2D eigenvalue weighted by atomic mass is 10.0. The fraction of sp³-hybridized carbons (Fsp3) is 0.294. The fourth-order valence-electron chi connectivity index (χ4n) is 1.88. The predicted molar refractivity (Wildman–Crippen MR) is 87.2 cm³/mol. The summed E-state index contributed by atoms with van der Waals surface area (Å²) < 4.78 is 56.7. The molecule has 0 aliphatic heterocycles. The van der Waals surface area contributed by atoms with Crippen LogP contribution in [0.4, 0.5) is 23.2 Å². The van der Waals surface area contributed by atoms with E-state index in [2.05, 4.69) is 10.3 Å². The molecule has 2 unspecified atom stereocenters. The average Bonchev–Trinajstić information content (AvgIpc) is 2.56. The molecule has 2 atom stereocenters. The summed E-state index contributed by atoms with van der Waals surface area (Å²) in [4.78, 5) is 15.4. The number of alkyl halides is 3. The Morgan fingerprint density at radius 3 is 2.42 bits per heavy atom. The summed E-state index contributed by atoms with van der Waals surface area (Å²) in [5, 5.41) is 2.52. The van der Waals surface area contributed by atoms with Crippen molar-refractivity contribution in [2.45, 2.75) is 26.1 Å². The van der Waals surface area contributed by atoms with E-state index in [0.717, 1.165) is 18.2 Å². The SMILES string of the molecule is CC(N)C(C)C(=O)Nc1ccc(Oc2ccc(C(F)(F)F)cn2)c(F)c1. The third-order valence-corrected chi connectivity index (χ3v) is 3.68. The van der Waals surface area contributed by atoms with E-state index in [4.69, 9.17) is 10.5 Å². The van der Waals surface area contributed by atoms with Gasteiger partial charge in [0, 0.05) is 30.1 Å². The number of nitrogens with one attached hydrogen (secondary N) is 1. The first-order valence-corrected chi connectivity index (χ1v) is 7.65. The molecular formula is C17H17F4N3O2. The molecule has 1 aromatic heterocycles. The van der Waals surface area contributed by atoms with Gasteiger partial charge < -0.3 is 15.8 Å². The number of pyridine rings is 1. The molecule has 1 heterocycles. The van der Waals surface area contributed by atoms with Crippen LogP contribution in [0.15, 0.2) is 36.5 Å². The predicted octanol–water partition coefficient (Wildman–Crippen LogP) is 3.95. The van der Waals surface area contributed by atoms with Gasteiger partial charge in [-0.05, 0) is 25.1 Å². The Labute approximate surface area is 147 Å². The van der Waals surface area contributed by atoms with E-state index < -0.39 is 23.5 Å². The fourth-order valence-corrected chi connectivity index (χ4v) is 1.88. The zero-order valence-corrected chi connectivity index (χ0v) is 14.0. The van der Waals surface area contributed by atoms with Crippen LogP contribution in [-0.4, -0.2) is 16.9 Å². The van der Waals surface area contributed by atoms with Gasteiger partial charge in [-0.3, -0.25) is 4.79 Å². The minimum absolute atomic E-state index is 0.195. The lowest BCUT2D eigenvalue weighted by Gasteiger charge is -2.15. The van der Waals surface area contributed by atoms with Gasteiger partial charge in [0.15, 0.2) is 11.6 Å². The highest BCUT2D eigenvalue weighted by atomic mass is 19.4. The number of hydrogen-bond acceptors (Lipinski definition) is 4. The van der Waals surface area contributed by atoms with Gasteiger partial charge in [0.25, 0.3) is 0 Å². The van der Waals surface area contributed by atoms with Crippen LogP contribution in [0.2, 0.25) is 0 Å². The van der Waals surface area contributed by atoms with Crippen molar-refractivity contribution in [3.05, 3.63) is 47.9 Å². The summed E-state index contributed by atoms with van der Waals surface area (Å²) in [6.07, 6.45) is -3.92. The van der Waals surface area contributed by atoms with Gasteiger partial charge >= 0.3 is 6.18 Å². The number of rotatable bonds is 5. The van der Waals surface area contributed by atoms with Crippen molar-refractivity contribution in [1.29, 1.82) is 0 Å². The quantitative estimate of drug-likeness (QED) is 0.780. The third-order valence-electron chi connectivity index (χ3n) is 3.68. The lowest BCUT2D eigenvalue weighted by Crippen LogP contribution is -2.34. The van der Waals surface area contributed by atoms with E-state index in [1.165, 1.54) is 12.1 Å². The minimum Gasteiger partial charge on any atom is -0.436 e. The standard InChI is InChI=1S/C17H17F4N3O2/c1-9(10(2)22)16(25)24-12-4-5-14(13(18)7-12)26-15-6-3-11(8-23-15)17(19,20)21/h3-10H,22H2,1-2H3,(H,24,25). The molecule has 0 spiro atoms. The number of amides is 1. The molecule has 140 valence electrons. The van der Waals surface area contributed by atoms with Crippen molar-refractivity contribution >= 4 is 11.6 Å². The normalized spacial score (nSPS) is 13.8. The Bertz CT molecular complexity index is 777. The van der Waals surface area contributed by atoms with Gasteiger partial charge in [0.05, 0.1) is 11.5 Å². The number of nitrogens with two attached hydrogens (primary N) is 1. The molecule has 2 aromatic rings. The summed E-state index contributed by atoms with van der Waals surface area (Å²) >= 11 is 0. The topological polar surface area (TPSA) is 77.2 Å². The van der Waals surface area contributed by atoms with Crippen molar-refractivity contribution in [2.24, 2.45) is 11.7 Å². The van der Waals surface area contributed by atoms with E-state index in [1.807, 2.05) is 0 Å². The molecule has 1 aromatic carbocycles. The molecule has 0 fully saturated rings. The molecule has 1 amide bonds. The molecule has 0 saturated heterocycles. The number of anilines is 1. The lowest BCUT2D eigenvalue weighted by molar-refractivity contribution is -0.137. The van der Waals surface area contributed by atoms with Gasteiger partial charge in [-0.15, -0.1) is 0 Å². The highest BCUT2D eigenvalue weighted by molar-refractivity contribution is 5.92. The first-order valence-electron chi connectivity index (χ1n) is 7.65. The Hall–Kier alpha value is -2.68. The van der Waals surface area contributed by atoms with Gasteiger partial charge in [-0.2, -0.15) is 13.2 Å². The van der Waals surface area contributed by atoms with Crippen molar-refractivity contribution < 1.29 is 27.1 Å². The Kier molecular flexibility index (Phi) is 5.81. The number of carbonyl (C=O) groups excluding carboxylic acids is 1. The maximum atomic E-state index is 14.1. The highest BCUT2D eigenvalue weighted by Gasteiger charge is 2.30. The number of aromatic nitrogens is 1. The average molecular weight is 371 g/mol. The van der Waals surface area contributed by atoms with Crippen molar-refractivity contribution in [3.63, 3.8) is 0 Å². The van der Waals surface area contributed by atoms with Crippen LogP contribution in [0, 0.1) is 11.7 Å². The van der Waals surface area contributed by atoms with Gasteiger partial charge in [0.2, 0.25) is 11.8 Å². The van der Waals surface area contributed by atoms with E-state index >= 15 is 0 Å². The van der Waals surface area contributed by atoms with Crippen LogP contribution in [0.3, 0.4) is 0 Å². The molecule has 0 bridgehead atoms. The van der Waals surface area contributed by atoms with E-state index in [0.29, 0.717) is 6.20 Å². The molecule has 0 aliphatic carbocycles. The molecule has 5 nitrogen and oxygen atoms in total. The molecule has 3 N–H and O–H groups in total. The van der Waals surface area contributed by atoms with Crippen molar-refractivity contribution in [2.75, 3.05) is 5.32 Å². The van der Waals surface area contributed by atoms with Crippen LogP contribution < -0.4 is 15.8 Å². The number of hydrogen-bond donors (Lipinski definition) is 2. The number of carbonyl (C=O) groups is 1. The van der Waals surface area contributed by atoms with E-state index in [9.17, 15) is 22.4 Å². The second kappa shape index (κ2) is 7.69. The Morgan fingerprint density at radius 1 is 1.23 bits per heavy atom. The second-order valence-corrected chi connectivity index (χ2v) is 5.77. The van der Waals surface area contributed by atoms with Crippen LogP contribution in [0.1, 0.15) is 19.4 Å². The first-order chi connectivity index (χ1) is 12.1. The van der Waals surface area contributed by atoms with Crippen molar-refractivity contribution in [3.8, 4) is 11.6 Å². The molecule has 0 radical (unpaired) electrons. The zero-order chi connectivity index (χ0) is 19.5. The van der Waals surface area contributed by atoms with E-state index in [1.54, 1.807) is 13.8 Å². The number of ether oxygens (including phenoxy) is 1. The second-order valence-electron chi connectivity index (χ2n) is 5.77. The monoisotopic (exact) mass is 371 g/mol. The maximum absolute atomic E-state index is 14.1. The zero-order valence-electron chi connectivity index (χ0n) is 14.0. The van der Waals surface area contributed by atoms with Crippen LogP contribution in [0.5, 0.6) is 11.6 Å². The Morgan fingerprint density at radius 2 is 1.92 bits per heavy atom.